The minimum atomic E-state index is -0.137. The minimum Gasteiger partial charge on any atom is -0.352 e. The average molecular weight is 325 g/mol. The second-order valence-corrected chi connectivity index (χ2v) is 6.21. The first-order valence-corrected chi connectivity index (χ1v) is 8.42. The quantitative estimate of drug-likeness (QED) is 0.901. The van der Waals surface area contributed by atoms with Crippen molar-refractivity contribution in [2.75, 3.05) is 26.2 Å². The highest BCUT2D eigenvalue weighted by molar-refractivity contribution is 5.98. The lowest BCUT2D eigenvalue weighted by molar-refractivity contribution is -0.133. The molecule has 0 bridgehead atoms. The van der Waals surface area contributed by atoms with E-state index >= 15 is 0 Å². The van der Waals surface area contributed by atoms with Gasteiger partial charge in [-0.25, -0.2) is 0 Å². The molecule has 126 valence electrons. The van der Waals surface area contributed by atoms with Crippen LogP contribution in [0.1, 0.15) is 23.7 Å². The second kappa shape index (κ2) is 7.45. The number of nitrogens with one attached hydrogen (secondary N) is 2. The highest BCUT2D eigenvalue weighted by atomic mass is 16.2. The molecule has 3 rings (SSSR count). The summed E-state index contributed by atoms with van der Waals surface area (Å²) in [5, 5.41) is 8.26. The number of rotatable bonds is 4. The molecule has 5 nitrogen and oxygen atoms in total. The molecule has 0 aliphatic carbocycles. The van der Waals surface area contributed by atoms with Crippen LogP contribution >= 0.6 is 0 Å². The van der Waals surface area contributed by atoms with E-state index in [2.05, 4.69) is 10.6 Å². The molecule has 2 aromatic carbocycles. The molecule has 0 aromatic heterocycles. The number of fused-ring (bicyclic) bond motifs is 1. The van der Waals surface area contributed by atoms with Crippen molar-refractivity contribution in [1.82, 2.24) is 15.5 Å². The number of hydrogen-bond donors (Lipinski definition) is 2. The fraction of sp³-hybridized carbons (Fsp3) is 0.368. The number of piperazine rings is 1. The van der Waals surface area contributed by atoms with E-state index in [-0.39, 0.29) is 17.9 Å². The minimum absolute atomic E-state index is 0.0998. The molecule has 2 amide bonds. The van der Waals surface area contributed by atoms with Gasteiger partial charge in [0.05, 0.1) is 0 Å². The molecule has 5 heteroatoms. The zero-order valence-electron chi connectivity index (χ0n) is 13.9. The van der Waals surface area contributed by atoms with Crippen molar-refractivity contribution in [2.45, 2.75) is 19.4 Å². The molecule has 24 heavy (non-hydrogen) atoms. The zero-order chi connectivity index (χ0) is 16.9. The Kier molecular flexibility index (Phi) is 5.11. The summed E-state index contributed by atoms with van der Waals surface area (Å²) >= 11 is 0. The predicted octanol–water partition coefficient (Wildman–Crippen LogP) is 1.78. The first-order valence-electron chi connectivity index (χ1n) is 8.42. The van der Waals surface area contributed by atoms with Gasteiger partial charge < -0.3 is 15.5 Å². The van der Waals surface area contributed by atoms with Crippen LogP contribution in [0.15, 0.2) is 42.5 Å². The standard InChI is InChI=1S/C19H23N3O2/c1-14-13-20-10-11-22(14)18(23)8-9-21-19(24)17-7-6-15-4-2-3-5-16(15)12-17/h2-7,12,14,20H,8-11,13H2,1H3,(H,21,24)/t14-/m1/s1. The SMILES string of the molecule is C[C@@H]1CNCCN1C(=O)CCNC(=O)c1ccc2ccccc2c1. The van der Waals surface area contributed by atoms with E-state index in [0.717, 1.165) is 30.4 Å². The molecule has 1 atom stereocenters. The molecule has 1 fully saturated rings. The summed E-state index contributed by atoms with van der Waals surface area (Å²) in [5.41, 5.74) is 0.622. The van der Waals surface area contributed by atoms with Gasteiger partial charge in [-0.15, -0.1) is 0 Å². The van der Waals surface area contributed by atoms with Gasteiger partial charge in [0.25, 0.3) is 5.91 Å². The Morgan fingerprint density at radius 2 is 2.00 bits per heavy atom. The van der Waals surface area contributed by atoms with E-state index in [9.17, 15) is 9.59 Å². The largest absolute Gasteiger partial charge is 0.352 e. The van der Waals surface area contributed by atoms with Gasteiger partial charge in [-0.1, -0.05) is 30.3 Å². The third-order valence-electron chi connectivity index (χ3n) is 4.46. The maximum absolute atomic E-state index is 12.3. The van der Waals surface area contributed by atoms with Crippen LogP contribution in [0.25, 0.3) is 10.8 Å². The van der Waals surface area contributed by atoms with Crippen LogP contribution in [-0.4, -0.2) is 48.9 Å². The topological polar surface area (TPSA) is 61.4 Å². The van der Waals surface area contributed by atoms with Crippen molar-refractivity contribution in [3.63, 3.8) is 0 Å². The Morgan fingerprint density at radius 1 is 1.21 bits per heavy atom. The molecule has 2 aromatic rings. The summed E-state index contributed by atoms with van der Waals surface area (Å²) in [6.45, 7) is 4.80. The smallest absolute Gasteiger partial charge is 0.251 e. The van der Waals surface area contributed by atoms with E-state index < -0.39 is 0 Å². The molecular formula is C19H23N3O2. The Balaban J connectivity index is 1.53. The molecule has 2 N–H and O–H groups in total. The van der Waals surface area contributed by atoms with E-state index in [1.165, 1.54) is 0 Å². The maximum atomic E-state index is 12.3. The van der Waals surface area contributed by atoms with Gasteiger partial charge in [-0.3, -0.25) is 9.59 Å². The van der Waals surface area contributed by atoms with Crippen LogP contribution < -0.4 is 10.6 Å². The highest BCUT2D eigenvalue weighted by Crippen LogP contribution is 2.15. The van der Waals surface area contributed by atoms with Crippen molar-refractivity contribution in [3.05, 3.63) is 48.0 Å². The average Bonchev–Trinajstić information content (AvgIpc) is 2.61. The normalized spacial score (nSPS) is 17.7. The molecule has 1 aliphatic heterocycles. The van der Waals surface area contributed by atoms with Gasteiger partial charge >= 0.3 is 0 Å². The first-order chi connectivity index (χ1) is 11.6. The van der Waals surface area contributed by atoms with Gasteiger partial charge in [0.2, 0.25) is 5.91 Å². The van der Waals surface area contributed by atoms with Crippen LogP contribution in [0.2, 0.25) is 0 Å². The second-order valence-electron chi connectivity index (χ2n) is 6.21. The van der Waals surface area contributed by atoms with Crippen molar-refractivity contribution in [2.24, 2.45) is 0 Å². The fourth-order valence-electron chi connectivity index (χ4n) is 3.07. The zero-order valence-corrected chi connectivity index (χ0v) is 13.9. The van der Waals surface area contributed by atoms with Crippen LogP contribution in [0.5, 0.6) is 0 Å². The maximum Gasteiger partial charge on any atom is 0.251 e. The van der Waals surface area contributed by atoms with Gasteiger partial charge in [-0.05, 0) is 29.8 Å². The number of benzene rings is 2. The first kappa shape index (κ1) is 16.5. The summed E-state index contributed by atoms with van der Waals surface area (Å²) in [7, 11) is 0. The molecule has 1 aliphatic rings. The van der Waals surface area contributed by atoms with Crippen molar-refractivity contribution < 1.29 is 9.59 Å². The summed E-state index contributed by atoms with van der Waals surface area (Å²) in [6, 6.07) is 13.8. The van der Waals surface area contributed by atoms with E-state index in [1.54, 1.807) is 0 Å². The summed E-state index contributed by atoms with van der Waals surface area (Å²) in [4.78, 5) is 26.4. The Bertz CT molecular complexity index is 744. The van der Waals surface area contributed by atoms with Gasteiger partial charge in [-0.2, -0.15) is 0 Å². The number of carbonyl (C=O) groups is 2. The van der Waals surface area contributed by atoms with Crippen LogP contribution in [-0.2, 0) is 4.79 Å². The molecule has 0 radical (unpaired) electrons. The Morgan fingerprint density at radius 3 is 2.79 bits per heavy atom. The lowest BCUT2D eigenvalue weighted by Crippen LogP contribution is -2.52. The number of amides is 2. The third-order valence-corrected chi connectivity index (χ3v) is 4.46. The van der Waals surface area contributed by atoms with Crippen LogP contribution in [0.4, 0.5) is 0 Å². The highest BCUT2D eigenvalue weighted by Gasteiger charge is 2.22. The summed E-state index contributed by atoms with van der Waals surface area (Å²) < 4.78 is 0. The van der Waals surface area contributed by atoms with Gasteiger partial charge in [0.1, 0.15) is 0 Å². The molecule has 0 saturated carbocycles. The van der Waals surface area contributed by atoms with E-state index in [0.29, 0.717) is 18.5 Å². The lowest BCUT2D eigenvalue weighted by atomic mass is 10.1. The molecule has 0 spiro atoms. The number of carbonyl (C=O) groups excluding carboxylic acids is 2. The van der Waals surface area contributed by atoms with Crippen molar-refractivity contribution in [1.29, 1.82) is 0 Å². The summed E-state index contributed by atoms with van der Waals surface area (Å²) in [5.74, 6) is -0.0373. The fourth-order valence-corrected chi connectivity index (χ4v) is 3.07. The van der Waals surface area contributed by atoms with Gasteiger partial charge in [0.15, 0.2) is 0 Å². The van der Waals surface area contributed by atoms with E-state index in [1.807, 2.05) is 54.3 Å². The molecule has 0 unspecified atom stereocenters. The third kappa shape index (κ3) is 3.74. The van der Waals surface area contributed by atoms with Gasteiger partial charge in [0, 0.05) is 44.2 Å². The Hall–Kier alpha value is -2.40. The molecular weight excluding hydrogens is 302 g/mol. The predicted molar refractivity (Wildman–Crippen MR) is 94.9 cm³/mol. The lowest BCUT2D eigenvalue weighted by Gasteiger charge is -2.34. The number of nitrogens with zero attached hydrogens (tertiary/aromatic N) is 1. The van der Waals surface area contributed by atoms with Crippen molar-refractivity contribution >= 4 is 22.6 Å². The van der Waals surface area contributed by atoms with Crippen LogP contribution in [0.3, 0.4) is 0 Å². The molecule has 1 heterocycles. The monoisotopic (exact) mass is 325 g/mol. The summed E-state index contributed by atoms with van der Waals surface area (Å²) in [6.07, 6.45) is 0.337. The van der Waals surface area contributed by atoms with Crippen LogP contribution in [0, 0.1) is 0 Å². The van der Waals surface area contributed by atoms with Crippen molar-refractivity contribution in [3.8, 4) is 0 Å². The van der Waals surface area contributed by atoms with E-state index in [4.69, 9.17) is 0 Å². The number of hydrogen-bond acceptors (Lipinski definition) is 3. The molecule has 1 saturated heterocycles. The Labute approximate surface area is 142 Å².